The van der Waals surface area contributed by atoms with Gasteiger partial charge in [-0.25, -0.2) is 14.6 Å². The van der Waals surface area contributed by atoms with Gasteiger partial charge < -0.3 is 42.0 Å². The summed E-state index contributed by atoms with van der Waals surface area (Å²) in [6.45, 7) is 16.0. The summed E-state index contributed by atoms with van der Waals surface area (Å²) in [5.41, 5.74) is 7.67. The minimum atomic E-state index is -1.30. The average molecular weight is 816 g/mol. The van der Waals surface area contributed by atoms with Crippen molar-refractivity contribution < 1.29 is 43.1 Å². The van der Waals surface area contributed by atoms with E-state index in [-0.39, 0.29) is 49.5 Å². The lowest BCUT2D eigenvalue weighted by Gasteiger charge is -2.29. The number of primary amides is 1. The van der Waals surface area contributed by atoms with Gasteiger partial charge in [-0.15, -0.1) is 0 Å². The van der Waals surface area contributed by atoms with Gasteiger partial charge in [-0.1, -0.05) is 71.9 Å². The molecule has 58 heavy (non-hydrogen) atoms. The van der Waals surface area contributed by atoms with Crippen molar-refractivity contribution in [3.8, 4) is 0 Å². The van der Waals surface area contributed by atoms with Gasteiger partial charge in [0, 0.05) is 25.9 Å². The number of carbonyl (C=O) groups is 8. The molecule has 1 aromatic carbocycles. The largest absolute Gasteiger partial charge is 0.444 e. The van der Waals surface area contributed by atoms with E-state index in [1.807, 2.05) is 27.7 Å². The van der Waals surface area contributed by atoms with E-state index < -0.39 is 78.0 Å². The van der Waals surface area contributed by atoms with Gasteiger partial charge in [-0.3, -0.25) is 34.2 Å². The van der Waals surface area contributed by atoms with E-state index in [2.05, 4.69) is 32.0 Å². The van der Waals surface area contributed by atoms with Crippen molar-refractivity contribution in [3.63, 3.8) is 0 Å². The van der Waals surface area contributed by atoms with Crippen molar-refractivity contribution >= 4 is 47.6 Å². The molecule has 0 radical (unpaired) electrons. The smallest absolute Gasteiger partial charge is 0.408 e. The zero-order valence-corrected chi connectivity index (χ0v) is 35.4. The third kappa shape index (κ3) is 17.4. The second-order valence-electron chi connectivity index (χ2n) is 16.7. The van der Waals surface area contributed by atoms with E-state index in [4.69, 9.17) is 10.5 Å². The highest BCUT2D eigenvalue weighted by Gasteiger charge is 2.35. The second kappa shape index (κ2) is 23.1. The molecular formula is C40H65N9O9. The van der Waals surface area contributed by atoms with Crippen LogP contribution in [0.4, 0.5) is 9.59 Å². The summed E-state index contributed by atoms with van der Waals surface area (Å²) >= 11 is 0. The number of hydrogen-bond acceptors (Lipinski definition) is 9. The summed E-state index contributed by atoms with van der Waals surface area (Å²) in [6.07, 6.45) is 0.0735. The van der Waals surface area contributed by atoms with E-state index >= 15 is 0 Å². The molecule has 0 saturated carbocycles. The first-order valence-corrected chi connectivity index (χ1v) is 19.9. The van der Waals surface area contributed by atoms with Crippen LogP contribution >= 0.6 is 0 Å². The number of likely N-dealkylation sites (tertiary alicyclic amines) is 1. The van der Waals surface area contributed by atoms with E-state index in [1.54, 1.807) is 65.0 Å². The number of hydrazine groups is 1. The summed E-state index contributed by atoms with van der Waals surface area (Å²) in [7, 11) is 0. The first-order valence-electron chi connectivity index (χ1n) is 19.9. The van der Waals surface area contributed by atoms with E-state index in [1.165, 1.54) is 4.90 Å². The molecule has 18 heteroatoms. The Morgan fingerprint density at radius 1 is 0.845 bits per heavy atom. The van der Waals surface area contributed by atoms with Crippen LogP contribution in [0.2, 0.25) is 0 Å². The molecule has 0 aliphatic carbocycles. The normalized spacial score (nSPS) is 15.5. The number of nitrogens with one attached hydrogen (secondary N) is 6. The maximum atomic E-state index is 14.0. The Labute approximate surface area is 341 Å². The van der Waals surface area contributed by atoms with Crippen LogP contribution < -0.4 is 37.7 Å². The Kier molecular flexibility index (Phi) is 19.4. The SMILES string of the molecule is CC(C)CNC(=O)[C@@H]1CCCN1C(=O)CNC(=O)N(CCC(N)=O)NC(=O)[C@H](Cc1ccccc1)NC(=O)[C@H](CC(C)C)NC(=O)[C@@H](NC(=O)OC(C)(C)C)C(C)C. The lowest BCUT2D eigenvalue weighted by molar-refractivity contribution is -0.137. The maximum Gasteiger partial charge on any atom is 0.408 e. The number of hydrogen-bond donors (Lipinski definition) is 7. The van der Waals surface area contributed by atoms with Crippen LogP contribution in [0.5, 0.6) is 0 Å². The molecule has 2 rings (SSSR count). The summed E-state index contributed by atoms with van der Waals surface area (Å²) in [5.74, 6) is -3.98. The Morgan fingerprint density at radius 2 is 1.48 bits per heavy atom. The average Bonchev–Trinajstić information content (AvgIpc) is 3.62. The van der Waals surface area contributed by atoms with Gasteiger partial charge in [0.15, 0.2) is 0 Å². The van der Waals surface area contributed by atoms with Crippen LogP contribution in [0, 0.1) is 17.8 Å². The molecule has 1 heterocycles. The zero-order valence-electron chi connectivity index (χ0n) is 35.4. The predicted molar refractivity (Wildman–Crippen MR) is 216 cm³/mol. The minimum Gasteiger partial charge on any atom is -0.444 e. The van der Waals surface area contributed by atoms with Gasteiger partial charge in [-0.2, -0.15) is 0 Å². The topological polar surface area (TPSA) is 250 Å². The predicted octanol–water partition coefficient (Wildman–Crippen LogP) is 1.48. The van der Waals surface area contributed by atoms with Gasteiger partial charge in [0.25, 0.3) is 5.91 Å². The Hall–Kier alpha value is -5.42. The van der Waals surface area contributed by atoms with E-state index in [0.717, 1.165) is 5.01 Å². The number of carbonyl (C=O) groups excluding carboxylic acids is 8. The Bertz CT molecular complexity index is 1580. The van der Waals surface area contributed by atoms with Crippen molar-refractivity contribution in [1.29, 1.82) is 0 Å². The molecule has 0 spiro atoms. The molecule has 0 unspecified atom stereocenters. The maximum absolute atomic E-state index is 14.0. The number of benzene rings is 1. The molecule has 9 amide bonds. The lowest BCUT2D eigenvalue weighted by atomic mass is 9.99. The molecule has 18 nitrogen and oxygen atoms in total. The molecule has 1 saturated heterocycles. The van der Waals surface area contributed by atoms with Crippen LogP contribution in [0.3, 0.4) is 0 Å². The number of amides is 9. The highest BCUT2D eigenvalue weighted by molar-refractivity contribution is 5.95. The number of urea groups is 1. The number of alkyl carbamates (subject to hydrolysis) is 1. The molecule has 0 aromatic heterocycles. The monoisotopic (exact) mass is 815 g/mol. The quantitative estimate of drug-likeness (QED) is 0.0998. The number of rotatable bonds is 19. The van der Waals surface area contributed by atoms with Crippen LogP contribution in [-0.4, -0.2) is 113 Å². The highest BCUT2D eigenvalue weighted by atomic mass is 16.6. The summed E-state index contributed by atoms with van der Waals surface area (Å²) in [5, 5.41) is 14.1. The third-order valence-corrected chi connectivity index (χ3v) is 8.90. The lowest BCUT2D eigenvalue weighted by Crippen LogP contribution is -2.61. The highest BCUT2D eigenvalue weighted by Crippen LogP contribution is 2.18. The summed E-state index contributed by atoms with van der Waals surface area (Å²) < 4.78 is 5.33. The molecule has 8 N–H and O–H groups in total. The van der Waals surface area contributed by atoms with Crippen molar-refractivity contribution in [2.45, 2.75) is 124 Å². The van der Waals surface area contributed by atoms with Gasteiger partial charge in [0.05, 0.1) is 13.1 Å². The first-order chi connectivity index (χ1) is 27.1. The Morgan fingerprint density at radius 3 is 2.05 bits per heavy atom. The van der Waals surface area contributed by atoms with Crippen molar-refractivity contribution in [2.24, 2.45) is 23.5 Å². The van der Waals surface area contributed by atoms with Crippen LogP contribution in [0.15, 0.2) is 30.3 Å². The first kappa shape index (κ1) is 48.7. The van der Waals surface area contributed by atoms with Crippen LogP contribution in [0.25, 0.3) is 0 Å². The van der Waals surface area contributed by atoms with Gasteiger partial charge in [0.2, 0.25) is 29.5 Å². The van der Waals surface area contributed by atoms with Gasteiger partial charge in [0.1, 0.15) is 29.8 Å². The van der Waals surface area contributed by atoms with E-state index in [9.17, 15) is 38.4 Å². The molecular weight excluding hydrogens is 750 g/mol. The van der Waals surface area contributed by atoms with Gasteiger partial charge >= 0.3 is 12.1 Å². The molecule has 1 aliphatic heterocycles. The van der Waals surface area contributed by atoms with Gasteiger partial charge in [-0.05, 0) is 63.4 Å². The fraction of sp³-hybridized carbons (Fsp3) is 0.650. The second-order valence-corrected chi connectivity index (χ2v) is 16.7. The molecule has 1 aliphatic rings. The van der Waals surface area contributed by atoms with Crippen molar-refractivity contribution in [3.05, 3.63) is 35.9 Å². The van der Waals surface area contributed by atoms with Crippen molar-refractivity contribution in [1.82, 2.24) is 41.9 Å². The zero-order chi connectivity index (χ0) is 43.7. The molecule has 0 bridgehead atoms. The fourth-order valence-corrected chi connectivity index (χ4v) is 6.01. The molecule has 1 aromatic rings. The summed E-state index contributed by atoms with van der Waals surface area (Å²) in [6, 6.07) is 3.66. The minimum absolute atomic E-state index is 0.0332. The standard InChI is InChI=1S/C40H65N9O9/c1-24(2)20-28(45-37(55)33(26(5)6)46-39(57)58-40(7,8)9)34(52)44-29(21-27-14-11-10-12-15-27)35(53)47-49(19-17-31(41)50)38(56)43-23-32(51)48-18-13-16-30(48)36(54)42-22-25(3)4/h10-12,14-15,24-26,28-30,33H,13,16-23H2,1-9H3,(H2,41,50)(H,42,54)(H,43,56)(H,44,52)(H,45,55)(H,46,57)(H,47,53)/t28-,29-,30-,33-/m0/s1. The fourth-order valence-electron chi connectivity index (χ4n) is 6.01. The Balaban J connectivity index is 2.29. The molecule has 4 atom stereocenters. The molecule has 324 valence electrons. The van der Waals surface area contributed by atoms with Crippen LogP contribution in [0.1, 0.15) is 93.6 Å². The number of nitrogens with two attached hydrogens (primary N) is 1. The number of nitrogens with zero attached hydrogens (tertiary/aromatic N) is 2. The number of ether oxygens (including phenoxy) is 1. The van der Waals surface area contributed by atoms with Crippen molar-refractivity contribution in [2.75, 3.05) is 26.2 Å². The van der Waals surface area contributed by atoms with Crippen LogP contribution in [-0.2, 0) is 39.9 Å². The molecule has 1 fully saturated rings. The van der Waals surface area contributed by atoms with E-state index in [0.29, 0.717) is 31.5 Å². The summed E-state index contributed by atoms with van der Waals surface area (Å²) in [4.78, 5) is 107. The third-order valence-electron chi connectivity index (χ3n) is 8.90.